The number of hydrogen-bond acceptors (Lipinski definition) is 3. The second kappa shape index (κ2) is 5.35. The Morgan fingerprint density at radius 2 is 1.80 bits per heavy atom. The van der Waals surface area contributed by atoms with Crippen LogP contribution in [0.5, 0.6) is 0 Å². The maximum Gasteiger partial charge on any atom is 0.262 e. The molecule has 2 aromatic carbocycles. The van der Waals surface area contributed by atoms with Gasteiger partial charge in [-0.1, -0.05) is 24.3 Å². The van der Waals surface area contributed by atoms with E-state index < -0.39 is 10.0 Å². The van der Waals surface area contributed by atoms with Crippen LogP contribution in [0, 0.1) is 25.2 Å². The van der Waals surface area contributed by atoms with E-state index in [4.69, 9.17) is 5.26 Å². The second-order valence-corrected chi connectivity index (χ2v) is 6.18. The lowest BCUT2D eigenvalue weighted by atomic mass is 10.2. The number of hydrogen-bond donors (Lipinski definition) is 1. The molecule has 4 nitrogen and oxygen atoms in total. The summed E-state index contributed by atoms with van der Waals surface area (Å²) in [6.45, 7) is 3.58. The molecule has 20 heavy (non-hydrogen) atoms. The number of anilines is 1. The lowest BCUT2D eigenvalue weighted by Gasteiger charge is -2.12. The van der Waals surface area contributed by atoms with Crippen LogP contribution in [0.3, 0.4) is 0 Å². The van der Waals surface area contributed by atoms with Gasteiger partial charge in [-0.15, -0.1) is 0 Å². The second-order valence-electron chi connectivity index (χ2n) is 4.53. The summed E-state index contributed by atoms with van der Waals surface area (Å²) in [6.07, 6.45) is 0. The molecule has 0 aliphatic rings. The molecule has 0 amide bonds. The van der Waals surface area contributed by atoms with Gasteiger partial charge in [0.2, 0.25) is 0 Å². The first-order chi connectivity index (χ1) is 9.44. The fourth-order valence-corrected chi connectivity index (χ4v) is 3.28. The topological polar surface area (TPSA) is 70.0 Å². The van der Waals surface area contributed by atoms with Gasteiger partial charge in [0.1, 0.15) is 6.07 Å². The van der Waals surface area contributed by atoms with Crippen LogP contribution in [0.15, 0.2) is 47.4 Å². The van der Waals surface area contributed by atoms with Crippen LogP contribution in [0.2, 0.25) is 0 Å². The fraction of sp³-hybridized carbons (Fsp3) is 0.133. The van der Waals surface area contributed by atoms with E-state index in [0.29, 0.717) is 11.1 Å². The van der Waals surface area contributed by atoms with E-state index in [-0.39, 0.29) is 10.6 Å². The summed E-state index contributed by atoms with van der Waals surface area (Å²) in [7, 11) is -3.70. The number of aryl methyl sites for hydroxylation is 2. The quantitative estimate of drug-likeness (QED) is 0.943. The Labute approximate surface area is 118 Å². The number of rotatable bonds is 3. The summed E-state index contributed by atoms with van der Waals surface area (Å²) in [5, 5.41) is 9.00. The number of nitriles is 1. The molecule has 5 heteroatoms. The van der Waals surface area contributed by atoms with E-state index >= 15 is 0 Å². The minimum atomic E-state index is -3.70. The van der Waals surface area contributed by atoms with Crippen LogP contribution < -0.4 is 4.72 Å². The third-order valence-electron chi connectivity index (χ3n) is 2.93. The molecule has 0 heterocycles. The molecule has 0 aliphatic heterocycles. The molecular formula is C15H14N2O2S. The Kier molecular flexibility index (Phi) is 3.77. The molecule has 0 atom stereocenters. The molecule has 0 aliphatic carbocycles. The summed E-state index contributed by atoms with van der Waals surface area (Å²) in [4.78, 5) is 0.227. The third-order valence-corrected chi connectivity index (χ3v) is 4.43. The van der Waals surface area contributed by atoms with E-state index in [9.17, 15) is 8.42 Å². The van der Waals surface area contributed by atoms with E-state index in [1.807, 2.05) is 19.1 Å². The third kappa shape index (κ3) is 2.81. The normalized spacial score (nSPS) is 10.8. The number of para-hydroxylation sites is 1. The van der Waals surface area contributed by atoms with Crippen molar-refractivity contribution in [2.75, 3.05) is 4.72 Å². The minimum absolute atomic E-state index is 0.227. The average Bonchev–Trinajstić information content (AvgIpc) is 2.41. The zero-order chi connectivity index (χ0) is 14.8. The van der Waals surface area contributed by atoms with E-state index in [1.54, 1.807) is 43.3 Å². The lowest BCUT2D eigenvalue weighted by Crippen LogP contribution is -2.15. The van der Waals surface area contributed by atoms with Crippen molar-refractivity contribution in [2.24, 2.45) is 0 Å². The first kappa shape index (κ1) is 14.1. The van der Waals surface area contributed by atoms with Gasteiger partial charge in [-0.2, -0.15) is 5.26 Å². The highest BCUT2D eigenvalue weighted by molar-refractivity contribution is 7.92. The highest BCUT2D eigenvalue weighted by atomic mass is 32.2. The molecule has 102 valence electrons. The van der Waals surface area contributed by atoms with Gasteiger partial charge < -0.3 is 0 Å². The van der Waals surface area contributed by atoms with Crippen LogP contribution in [0.25, 0.3) is 0 Å². The number of benzene rings is 2. The summed E-state index contributed by atoms with van der Waals surface area (Å²) in [5.74, 6) is 0. The van der Waals surface area contributed by atoms with Crippen LogP contribution in [0.4, 0.5) is 5.69 Å². The zero-order valence-electron chi connectivity index (χ0n) is 11.2. The van der Waals surface area contributed by atoms with Crippen molar-refractivity contribution in [3.63, 3.8) is 0 Å². The largest absolute Gasteiger partial charge is 0.278 e. The van der Waals surface area contributed by atoms with Gasteiger partial charge in [-0.05, 0) is 43.2 Å². The molecule has 0 saturated carbocycles. The fourth-order valence-electron chi connectivity index (χ4n) is 1.87. The first-order valence-electron chi connectivity index (χ1n) is 6.03. The summed E-state index contributed by atoms with van der Waals surface area (Å²) in [6, 6.07) is 13.7. The van der Waals surface area contributed by atoms with Crippen molar-refractivity contribution in [1.82, 2.24) is 0 Å². The molecular weight excluding hydrogens is 272 g/mol. The Hall–Kier alpha value is -2.32. The zero-order valence-corrected chi connectivity index (χ0v) is 12.0. The highest BCUT2D eigenvalue weighted by Crippen LogP contribution is 2.22. The summed E-state index contributed by atoms with van der Waals surface area (Å²) in [5.41, 5.74) is 2.11. The Morgan fingerprint density at radius 3 is 2.50 bits per heavy atom. The van der Waals surface area contributed by atoms with Gasteiger partial charge in [0.15, 0.2) is 0 Å². The van der Waals surface area contributed by atoms with E-state index in [0.717, 1.165) is 5.56 Å². The van der Waals surface area contributed by atoms with E-state index in [2.05, 4.69) is 4.72 Å². The molecule has 2 rings (SSSR count). The van der Waals surface area contributed by atoms with Crippen molar-refractivity contribution in [3.05, 3.63) is 59.2 Å². The molecule has 0 radical (unpaired) electrons. The van der Waals surface area contributed by atoms with Gasteiger partial charge >= 0.3 is 0 Å². The molecule has 0 bridgehead atoms. The standard InChI is InChI=1S/C15H14N2O2S/c1-11-7-8-12(2)15(9-11)20(18,19)17-14-6-4-3-5-13(14)10-16/h3-9,17H,1-2H3. The number of nitrogens with one attached hydrogen (secondary N) is 1. The van der Waals surface area contributed by atoms with Crippen LogP contribution in [0.1, 0.15) is 16.7 Å². The van der Waals surface area contributed by atoms with Crippen LogP contribution in [-0.2, 0) is 10.0 Å². The molecule has 0 spiro atoms. The summed E-state index contributed by atoms with van der Waals surface area (Å²) < 4.78 is 27.3. The van der Waals surface area contributed by atoms with Crippen molar-refractivity contribution < 1.29 is 8.42 Å². The van der Waals surface area contributed by atoms with Crippen LogP contribution >= 0.6 is 0 Å². The first-order valence-corrected chi connectivity index (χ1v) is 7.51. The SMILES string of the molecule is Cc1ccc(C)c(S(=O)(=O)Nc2ccccc2C#N)c1. The molecule has 2 aromatic rings. The number of sulfonamides is 1. The Bertz CT molecular complexity index is 790. The van der Waals surface area contributed by atoms with Crippen molar-refractivity contribution in [2.45, 2.75) is 18.7 Å². The monoisotopic (exact) mass is 286 g/mol. The molecule has 1 N–H and O–H groups in total. The maximum absolute atomic E-state index is 12.4. The van der Waals surface area contributed by atoms with Gasteiger partial charge in [-0.25, -0.2) is 8.42 Å². The minimum Gasteiger partial charge on any atom is -0.278 e. The highest BCUT2D eigenvalue weighted by Gasteiger charge is 2.18. The predicted octanol–water partition coefficient (Wildman–Crippen LogP) is 2.98. The Morgan fingerprint density at radius 1 is 1.10 bits per heavy atom. The molecule has 0 fully saturated rings. The van der Waals surface area contributed by atoms with Crippen molar-refractivity contribution >= 4 is 15.7 Å². The average molecular weight is 286 g/mol. The van der Waals surface area contributed by atoms with Gasteiger partial charge in [0.05, 0.1) is 16.1 Å². The van der Waals surface area contributed by atoms with Gasteiger partial charge in [0.25, 0.3) is 10.0 Å². The van der Waals surface area contributed by atoms with Gasteiger partial charge in [-0.3, -0.25) is 4.72 Å². The molecule has 0 aromatic heterocycles. The molecule has 0 saturated heterocycles. The van der Waals surface area contributed by atoms with Gasteiger partial charge in [0, 0.05) is 0 Å². The Balaban J connectivity index is 2.47. The van der Waals surface area contributed by atoms with Crippen molar-refractivity contribution in [1.29, 1.82) is 5.26 Å². The smallest absolute Gasteiger partial charge is 0.262 e. The summed E-state index contributed by atoms with van der Waals surface area (Å²) >= 11 is 0. The van der Waals surface area contributed by atoms with E-state index in [1.165, 1.54) is 0 Å². The molecule has 0 unspecified atom stereocenters. The predicted molar refractivity (Wildman–Crippen MR) is 77.9 cm³/mol. The number of nitrogens with zero attached hydrogens (tertiary/aromatic N) is 1. The van der Waals surface area contributed by atoms with Crippen molar-refractivity contribution in [3.8, 4) is 6.07 Å². The lowest BCUT2D eigenvalue weighted by molar-refractivity contribution is 0.600. The van der Waals surface area contributed by atoms with Crippen LogP contribution in [-0.4, -0.2) is 8.42 Å². The maximum atomic E-state index is 12.4.